The number of hydrogen-bond donors (Lipinski definition) is 1. The van der Waals surface area contributed by atoms with Gasteiger partial charge in [-0.2, -0.15) is 13.2 Å². The summed E-state index contributed by atoms with van der Waals surface area (Å²) in [5.74, 6) is -1.10. The number of benzene rings is 2. The topological polar surface area (TPSA) is 64.0 Å². The maximum atomic E-state index is 13.0. The zero-order valence-electron chi connectivity index (χ0n) is 14.9. The zero-order valence-corrected chi connectivity index (χ0v) is 16.4. The average Bonchev–Trinajstić information content (AvgIpc) is 2.68. The number of alkyl halides is 3. The number of nitrogens with zero attached hydrogens (tertiary/aromatic N) is 2. The van der Waals surface area contributed by atoms with Gasteiger partial charge in [-0.3, -0.25) is 14.2 Å². The van der Waals surface area contributed by atoms with Crippen LogP contribution in [0.15, 0.2) is 58.5 Å². The van der Waals surface area contributed by atoms with Crippen molar-refractivity contribution in [2.75, 3.05) is 12.3 Å². The number of hydrogen-bond acceptors (Lipinski definition) is 4. The highest BCUT2D eigenvalue weighted by Crippen LogP contribution is 2.20. The van der Waals surface area contributed by atoms with Crippen LogP contribution in [0.2, 0.25) is 5.02 Å². The van der Waals surface area contributed by atoms with E-state index in [4.69, 9.17) is 11.6 Å². The van der Waals surface area contributed by atoms with Crippen molar-refractivity contribution in [3.63, 3.8) is 0 Å². The summed E-state index contributed by atoms with van der Waals surface area (Å²) in [7, 11) is 0. The monoisotopic (exact) mass is 441 g/mol. The fourth-order valence-electron chi connectivity index (χ4n) is 2.55. The van der Waals surface area contributed by atoms with E-state index in [9.17, 15) is 22.8 Å². The van der Waals surface area contributed by atoms with Gasteiger partial charge < -0.3 is 5.32 Å². The summed E-state index contributed by atoms with van der Waals surface area (Å²) in [6.45, 7) is -1.23. The molecule has 0 aliphatic rings. The van der Waals surface area contributed by atoms with Crippen LogP contribution >= 0.6 is 23.4 Å². The number of fused-ring (bicyclic) bond motifs is 1. The Balaban J connectivity index is 1.89. The van der Waals surface area contributed by atoms with Crippen LogP contribution in [0.4, 0.5) is 13.2 Å². The second-order valence-corrected chi connectivity index (χ2v) is 7.49. The Morgan fingerprint density at radius 2 is 1.83 bits per heavy atom. The van der Waals surface area contributed by atoms with Crippen molar-refractivity contribution in [1.82, 2.24) is 14.9 Å². The van der Waals surface area contributed by atoms with E-state index < -0.39 is 18.6 Å². The summed E-state index contributed by atoms with van der Waals surface area (Å²) in [6, 6.07) is 13.6. The first kappa shape index (κ1) is 21.2. The van der Waals surface area contributed by atoms with Gasteiger partial charge in [0.15, 0.2) is 5.16 Å². The van der Waals surface area contributed by atoms with Gasteiger partial charge in [-0.1, -0.05) is 47.6 Å². The van der Waals surface area contributed by atoms with Gasteiger partial charge in [0, 0.05) is 5.02 Å². The zero-order chi connectivity index (χ0) is 21.0. The minimum atomic E-state index is -4.49. The molecule has 29 heavy (non-hydrogen) atoms. The molecule has 1 heterocycles. The predicted molar refractivity (Wildman–Crippen MR) is 106 cm³/mol. The van der Waals surface area contributed by atoms with E-state index in [0.29, 0.717) is 15.9 Å². The van der Waals surface area contributed by atoms with Crippen LogP contribution in [-0.4, -0.2) is 33.9 Å². The molecule has 5 nitrogen and oxygen atoms in total. The molecule has 0 aliphatic carbocycles. The summed E-state index contributed by atoms with van der Waals surface area (Å²) < 4.78 is 38.2. The molecule has 0 saturated heterocycles. The predicted octanol–water partition coefficient (Wildman–Crippen LogP) is 3.87. The molecule has 1 aromatic heterocycles. The molecule has 2 aromatic carbocycles. The Hall–Kier alpha value is -2.52. The van der Waals surface area contributed by atoms with E-state index in [0.717, 1.165) is 17.3 Å². The molecule has 0 aliphatic heterocycles. The Kier molecular flexibility index (Phi) is 6.49. The van der Waals surface area contributed by atoms with Crippen molar-refractivity contribution in [3.8, 4) is 0 Å². The highest BCUT2D eigenvalue weighted by atomic mass is 35.5. The Labute approximate surface area is 172 Å². The summed E-state index contributed by atoms with van der Waals surface area (Å²) in [4.78, 5) is 29.1. The maximum Gasteiger partial charge on any atom is 0.405 e. The number of carbonyl (C=O) groups excluding carboxylic acids is 1. The highest BCUT2D eigenvalue weighted by Gasteiger charge is 2.27. The minimum absolute atomic E-state index is 0.181. The molecule has 3 rings (SSSR count). The molecular formula is C19H15ClF3N3O2S. The fourth-order valence-corrected chi connectivity index (χ4v) is 3.50. The lowest BCUT2D eigenvalue weighted by atomic mass is 10.2. The van der Waals surface area contributed by atoms with Crippen LogP contribution in [0.3, 0.4) is 0 Å². The number of nitrogens with one attached hydrogen (secondary N) is 1. The van der Waals surface area contributed by atoms with Crippen LogP contribution < -0.4 is 10.9 Å². The van der Waals surface area contributed by atoms with Crippen LogP contribution in [0.1, 0.15) is 5.56 Å². The molecule has 0 fully saturated rings. The SMILES string of the molecule is O=C(CSc1nc2ccccc2c(=O)n1Cc1ccc(Cl)cc1)NCC(F)(F)F. The summed E-state index contributed by atoms with van der Waals surface area (Å²) in [6.07, 6.45) is -4.49. The van der Waals surface area contributed by atoms with Gasteiger partial charge >= 0.3 is 6.18 Å². The van der Waals surface area contributed by atoms with Gasteiger partial charge in [0.25, 0.3) is 5.56 Å². The smallest absolute Gasteiger partial charge is 0.346 e. The number of carbonyl (C=O) groups is 1. The highest BCUT2D eigenvalue weighted by molar-refractivity contribution is 7.99. The van der Waals surface area contributed by atoms with Gasteiger partial charge in [0.2, 0.25) is 5.91 Å². The molecule has 10 heteroatoms. The van der Waals surface area contributed by atoms with Gasteiger partial charge in [-0.15, -0.1) is 0 Å². The largest absolute Gasteiger partial charge is 0.405 e. The quantitative estimate of drug-likeness (QED) is 0.466. The fraction of sp³-hybridized carbons (Fsp3) is 0.211. The van der Waals surface area contributed by atoms with E-state index in [1.165, 1.54) is 4.57 Å². The Morgan fingerprint density at radius 1 is 1.14 bits per heavy atom. The maximum absolute atomic E-state index is 13.0. The lowest BCUT2D eigenvalue weighted by molar-refractivity contribution is -0.136. The van der Waals surface area contributed by atoms with Crippen molar-refractivity contribution in [3.05, 3.63) is 69.5 Å². The van der Waals surface area contributed by atoms with E-state index in [1.807, 2.05) is 0 Å². The standard InChI is InChI=1S/C19H15ClF3N3O2S/c20-13-7-5-12(6-8-13)9-26-17(28)14-3-1-2-4-15(14)25-18(26)29-10-16(27)24-11-19(21,22)23/h1-8H,9-11H2,(H,24,27). The van der Waals surface area contributed by atoms with Crippen molar-refractivity contribution in [2.24, 2.45) is 0 Å². The number of aromatic nitrogens is 2. The lowest BCUT2D eigenvalue weighted by Gasteiger charge is -2.13. The van der Waals surface area contributed by atoms with Crippen LogP contribution in [0.5, 0.6) is 0 Å². The van der Waals surface area contributed by atoms with Gasteiger partial charge in [-0.25, -0.2) is 4.98 Å². The first-order valence-corrected chi connectivity index (χ1v) is 9.79. The molecule has 1 amide bonds. The Morgan fingerprint density at radius 3 is 2.52 bits per heavy atom. The molecule has 0 spiro atoms. The molecule has 0 radical (unpaired) electrons. The third-order valence-corrected chi connectivity index (χ3v) is 5.13. The molecule has 0 bridgehead atoms. The van der Waals surface area contributed by atoms with Crippen molar-refractivity contribution in [2.45, 2.75) is 17.9 Å². The van der Waals surface area contributed by atoms with Crippen LogP contribution in [-0.2, 0) is 11.3 Å². The number of para-hydroxylation sites is 1. The van der Waals surface area contributed by atoms with Gasteiger partial charge in [-0.05, 0) is 29.8 Å². The molecule has 3 aromatic rings. The normalized spacial score (nSPS) is 11.6. The third kappa shape index (κ3) is 5.74. The number of amides is 1. The molecule has 1 N–H and O–H groups in total. The van der Waals surface area contributed by atoms with E-state index in [2.05, 4.69) is 4.98 Å². The van der Waals surface area contributed by atoms with E-state index in [-0.39, 0.29) is 23.0 Å². The molecule has 0 unspecified atom stereocenters. The second kappa shape index (κ2) is 8.87. The Bertz CT molecular complexity index is 1080. The van der Waals surface area contributed by atoms with Crippen molar-refractivity contribution in [1.29, 1.82) is 0 Å². The number of rotatable bonds is 6. The van der Waals surface area contributed by atoms with Gasteiger partial charge in [0.1, 0.15) is 6.54 Å². The second-order valence-electron chi connectivity index (χ2n) is 6.11. The van der Waals surface area contributed by atoms with Gasteiger partial charge in [0.05, 0.1) is 23.2 Å². The lowest BCUT2D eigenvalue weighted by Crippen LogP contribution is -2.35. The molecule has 0 saturated carbocycles. The van der Waals surface area contributed by atoms with Crippen LogP contribution in [0.25, 0.3) is 10.9 Å². The van der Waals surface area contributed by atoms with Crippen molar-refractivity contribution >= 4 is 40.2 Å². The first-order chi connectivity index (χ1) is 13.7. The summed E-state index contributed by atoms with van der Waals surface area (Å²) >= 11 is 6.80. The number of thioether (sulfide) groups is 1. The van der Waals surface area contributed by atoms with Crippen LogP contribution in [0, 0.1) is 0 Å². The third-order valence-electron chi connectivity index (χ3n) is 3.90. The molecule has 152 valence electrons. The minimum Gasteiger partial charge on any atom is -0.346 e. The molecular weight excluding hydrogens is 427 g/mol. The average molecular weight is 442 g/mol. The van der Waals surface area contributed by atoms with Crippen molar-refractivity contribution < 1.29 is 18.0 Å². The van der Waals surface area contributed by atoms with E-state index in [1.54, 1.807) is 53.8 Å². The molecule has 0 atom stereocenters. The summed E-state index contributed by atoms with van der Waals surface area (Å²) in [5, 5.41) is 3.01. The summed E-state index contributed by atoms with van der Waals surface area (Å²) in [5.41, 5.74) is 0.934. The number of halogens is 4. The van der Waals surface area contributed by atoms with E-state index >= 15 is 0 Å². The first-order valence-electron chi connectivity index (χ1n) is 8.43.